The number of thioether (sulfide) groups is 1. The van der Waals surface area contributed by atoms with Gasteiger partial charge in [-0.1, -0.05) is 0 Å². The van der Waals surface area contributed by atoms with Crippen molar-refractivity contribution in [3.63, 3.8) is 0 Å². The molecular weight excluding hydrogens is 200 g/mol. The molecule has 0 aliphatic rings. The number of hydrogen-bond acceptors (Lipinski definition) is 4. The van der Waals surface area contributed by atoms with Crippen LogP contribution >= 0.6 is 23.1 Å². The highest BCUT2D eigenvalue weighted by molar-refractivity contribution is 7.98. The molecule has 4 heteroatoms. The van der Waals surface area contributed by atoms with Gasteiger partial charge in [-0.25, -0.2) is 0 Å². The summed E-state index contributed by atoms with van der Waals surface area (Å²) in [5, 5.41) is 13.8. The smallest absolute Gasteiger partial charge is 0.100 e. The van der Waals surface area contributed by atoms with E-state index in [1.165, 1.54) is 4.88 Å². The Balaban J connectivity index is 2.25. The first-order chi connectivity index (χ1) is 6.36. The van der Waals surface area contributed by atoms with Crippen molar-refractivity contribution in [3.8, 4) is 6.07 Å². The van der Waals surface area contributed by atoms with Gasteiger partial charge in [-0.3, -0.25) is 0 Å². The average molecular weight is 212 g/mol. The van der Waals surface area contributed by atoms with Gasteiger partial charge < -0.3 is 5.32 Å². The van der Waals surface area contributed by atoms with Crippen LogP contribution in [0, 0.1) is 11.3 Å². The Kier molecular flexibility index (Phi) is 4.91. The van der Waals surface area contributed by atoms with E-state index >= 15 is 0 Å². The van der Waals surface area contributed by atoms with Crippen LogP contribution in [0.5, 0.6) is 0 Å². The molecule has 1 heterocycles. The number of nitriles is 1. The Morgan fingerprint density at radius 3 is 3.15 bits per heavy atom. The maximum Gasteiger partial charge on any atom is 0.100 e. The maximum absolute atomic E-state index is 8.59. The zero-order chi connectivity index (χ0) is 9.52. The summed E-state index contributed by atoms with van der Waals surface area (Å²) in [6, 6.07) is 4.07. The van der Waals surface area contributed by atoms with E-state index < -0.39 is 0 Å². The molecule has 0 fully saturated rings. The fourth-order valence-electron chi connectivity index (χ4n) is 0.918. The Hall–Kier alpha value is -0.500. The molecule has 0 amide bonds. The van der Waals surface area contributed by atoms with Crippen LogP contribution < -0.4 is 5.32 Å². The molecule has 2 nitrogen and oxygen atoms in total. The van der Waals surface area contributed by atoms with Gasteiger partial charge in [0.15, 0.2) is 0 Å². The average Bonchev–Trinajstić information content (AvgIpc) is 2.60. The number of rotatable bonds is 5. The summed E-state index contributed by atoms with van der Waals surface area (Å²) in [5.41, 5.74) is 0.770. The summed E-state index contributed by atoms with van der Waals surface area (Å²) >= 11 is 3.48. The topological polar surface area (TPSA) is 35.8 Å². The number of nitrogens with zero attached hydrogens (tertiary/aromatic N) is 1. The second-order valence-electron chi connectivity index (χ2n) is 2.58. The van der Waals surface area contributed by atoms with Crippen molar-refractivity contribution in [2.45, 2.75) is 6.54 Å². The van der Waals surface area contributed by atoms with Crippen LogP contribution in [0.2, 0.25) is 0 Å². The number of thiophene rings is 1. The standard InChI is InChI=1S/C9H12N2S2/c1-12-3-2-11-6-9-4-8(5-10)7-13-9/h4,7,11H,2-3,6H2,1H3. The first-order valence-electron chi connectivity index (χ1n) is 4.04. The molecule has 0 unspecified atom stereocenters. The van der Waals surface area contributed by atoms with E-state index in [0.717, 1.165) is 24.4 Å². The third kappa shape index (κ3) is 3.81. The highest BCUT2D eigenvalue weighted by atomic mass is 32.2. The van der Waals surface area contributed by atoms with Crippen LogP contribution in [0.15, 0.2) is 11.4 Å². The molecular formula is C9H12N2S2. The van der Waals surface area contributed by atoms with Gasteiger partial charge in [0.1, 0.15) is 6.07 Å². The number of nitrogens with one attached hydrogen (secondary N) is 1. The van der Waals surface area contributed by atoms with Gasteiger partial charge in [0.25, 0.3) is 0 Å². The second kappa shape index (κ2) is 6.03. The highest BCUT2D eigenvalue weighted by Crippen LogP contribution is 2.13. The minimum Gasteiger partial charge on any atom is -0.311 e. The van der Waals surface area contributed by atoms with Gasteiger partial charge in [0.05, 0.1) is 5.56 Å². The fraction of sp³-hybridized carbons (Fsp3) is 0.444. The highest BCUT2D eigenvalue weighted by Gasteiger charge is 1.97. The molecule has 0 spiro atoms. The van der Waals surface area contributed by atoms with E-state index in [4.69, 9.17) is 5.26 Å². The van der Waals surface area contributed by atoms with Crippen molar-refractivity contribution in [2.24, 2.45) is 0 Å². The third-order valence-electron chi connectivity index (χ3n) is 1.57. The molecule has 1 aromatic rings. The minimum atomic E-state index is 0.770. The molecule has 0 aliphatic carbocycles. The molecule has 0 aromatic carbocycles. The zero-order valence-corrected chi connectivity index (χ0v) is 9.17. The summed E-state index contributed by atoms with van der Waals surface area (Å²) in [5.74, 6) is 1.14. The molecule has 13 heavy (non-hydrogen) atoms. The van der Waals surface area contributed by atoms with Crippen molar-refractivity contribution >= 4 is 23.1 Å². The van der Waals surface area contributed by atoms with Crippen LogP contribution in [0.25, 0.3) is 0 Å². The Bertz CT molecular complexity index is 288. The molecule has 0 atom stereocenters. The lowest BCUT2D eigenvalue weighted by Crippen LogP contribution is -2.15. The van der Waals surface area contributed by atoms with E-state index in [1.54, 1.807) is 11.3 Å². The van der Waals surface area contributed by atoms with Crippen molar-refractivity contribution in [3.05, 3.63) is 21.9 Å². The van der Waals surface area contributed by atoms with E-state index in [9.17, 15) is 0 Å². The third-order valence-corrected chi connectivity index (χ3v) is 3.11. The van der Waals surface area contributed by atoms with Crippen LogP contribution in [0.1, 0.15) is 10.4 Å². The molecule has 0 saturated carbocycles. The first-order valence-corrected chi connectivity index (χ1v) is 6.31. The van der Waals surface area contributed by atoms with Gasteiger partial charge in [0.2, 0.25) is 0 Å². The fourth-order valence-corrected chi connectivity index (χ4v) is 2.05. The molecule has 0 saturated heterocycles. The predicted molar refractivity (Wildman–Crippen MR) is 59.1 cm³/mol. The summed E-state index contributed by atoms with van der Waals surface area (Å²) < 4.78 is 0. The molecule has 0 radical (unpaired) electrons. The van der Waals surface area contributed by atoms with Gasteiger partial charge in [-0.2, -0.15) is 17.0 Å². The largest absolute Gasteiger partial charge is 0.311 e. The van der Waals surface area contributed by atoms with Gasteiger partial charge >= 0.3 is 0 Å². The first kappa shape index (κ1) is 10.6. The molecule has 0 aliphatic heterocycles. The van der Waals surface area contributed by atoms with Crippen molar-refractivity contribution in [2.75, 3.05) is 18.6 Å². The Morgan fingerprint density at radius 2 is 2.54 bits per heavy atom. The monoisotopic (exact) mass is 212 g/mol. The second-order valence-corrected chi connectivity index (χ2v) is 4.56. The van der Waals surface area contributed by atoms with Crippen LogP contribution in [-0.2, 0) is 6.54 Å². The summed E-state index contributed by atoms with van der Waals surface area (Å²) in [6.45, 7) is 1.91. The van der Waals surface area contributed by atoms with Gasteiger partial charge in [0, 0.05) is 29.1 Å². The lowest BCUT2D eigenvalue weighted by Gasteiger charge is -1.99. The van der Waals surface area contributed by atoms with Crippen molar-refractivity contribution in [1.29, 1.82) is 5.26 Å². The molecule has 70 valence electrons. The quantitative estimate of drug-likeness (QED) is 0.759. The summed E-state index contributed by atoms with van der Waals surface area (Å²) in [7, 11) is 0. The van der Waals surface area contributed by atoms with E-state index in [-0.39, 0.29) is 0 Å². The maximum atomic E-state index is 8.59. The van der Waals surface area contributed by atoms with Crippen LogP contribution in [0.4, 0.5) is 0 Å². The van der Waals surface area contributed by atoms with Crippen molar-refractivity contribution in [1.82, 2.24) is 5.32 Å². The van der Waals surface area contributed by atoms with Gasteiger partial charge in [-0.15, -0.1) is 11.3 Å². The van der Waals surface area contributed by atoms with E-state index in [0.29, 0.717) is 0 Å². The minimum absolute atomic E-state index is 0.770. The van der Waals surface area contributed by atoms with Crippen LogP contribution in [0.3, 0.4) is 0 Å². The molecule has 1 rings (SSSR count). The lowest BCUT2D eigenvalue weighted by atomic mass is 10.3. The zero-order valence-electron chi connectivity index (χ0n) is 7.54. The lowest BCUT2D eigenvalue weighted by molar-refractivity contribution is 0.741. The molecule has 0 bridgehead atoms. The number of hydrogen-bond donors (Lipinski definition) is 1. The van der Waals surface area contributed by atoms with Crippen LogP contribution in [-0.4, -0.2) is 18.6 Å². The van der Waals surface area contributed by atoms with E-state index in [2.05, 4.69) is 17.6 Å². The summed E-state index contributed by atoms with van der Waals surface area (Å²) in [6.07, 6.45) is 2.10. The normalized spacial score (nSPS) is 9.85. The molecule has 1 N–H and O–H groups in total. The molecule has 1 aromatic heterocycles. The Morgan fingerprint density at radius 1 is 1.69 bits per heavy atom. The summed E-state index contributed by atoms with van der Waals surface area (Å²) in [4.78, 5) is 1.23. The predicted octanol–water partition coefficient (Wildman–Crippen LogP) is 2.07. The Labute approximate surface area is 87.0 Å². The van der Waals surface area contributed by atoms with Gasteiger partial charge in [-0.05, 0) is 12.3 Å². The van der Waals surface area contributed by atoms with Crippen molar-refractivity contribution < 1.29 is 0 Å². The SMILES string of the molecule is CSCCNCc1cc(C#N)cs1. The van der Waals surface area contributed by atoms with E-state index in [1.807, 2.05) is 23.2 Å².